The van der Waals surface area contributed by atoms with Crippen molar-refractivity contribution in [2.24, 2.45) is 12.0 Å². The Morgan fingerprint density at radius 3 is 2.54 bits per heavy atom. The summed E-state index contributed by atoms with van der Waals surface area (Å²) in [5.41, 5.74) is 1.73. The lowest BCUT2D eigenvalue weighted by Gasteiger charge is -2.07. The normalized spacial score (nSPS) is 12.0. The Hall–Kier alpha value is -2.71. The summed E-state index contributed by atoms with van der Waals surface area (Å²) in [6.07, 6.45) is 0. The minimum atomic E-state index is -0.340. The molecule has 4 aromatic rings. The van der Waals surface area contributed by atoms with Gasteiger partial charge in [0.1, 0.15) is 0 Å². The number of nitrogens with zero attached hydrogens (tertiary/aromatic N) is 3. The highest BCUT2D eigenvalue weighted by molar-refractivity contribution is 7.20. The number of ether oxygens (including phenoxy) is 2. The average Bonchev–Trinajstić information content (AvgIpc) is 3.22. The molecule has 2 aromatic heterocycles. The Labute approximate surface area is 157 Å². The molecule has 0 radical (unpaired) electrons. The van der Waals surface area contributed by atoms with E-state index in [1.807, 2.05) is 48.0 Å². The highest BCUT2D eigenvalue weighted by atomic mass is 32.1. The number of rotatable bonds is 3. The van der Waals surface area contributed by atoms with Crippen LogP contribution in [0.15, 0.2) is 41.4 Å². The fourth-order valence-electron chi connectivity index (χ4n) is 2.66. The van der Waals surface area contributed by atoms with Gasteiger partial charge in [0.25, 0.3) is 0 Å². The number of thiazole rings is 2. The zero-order valence-electron chi connectivity index (χ0n) is 14.3. The van der Waals surface area contributed by atoms with Crippen molar-refractivity contribution in [3.8, 4) is 11.5 Å². The molecule has 0 aliphatic heterocycles. The second-order valence-electron chi connectivity index (χ2n) is 5.52. The zero-order chi connectivity index (χ0) is 18.3. The van der Waals surface area contributed by atoms with Crippen LogP contribution in [0, 0.1) is 0 Å². The Kier molecular flexibility index (Phi) is 4.21. The number of methoxy groups -OCH3 is 2. The molecular weight excluding hydrogens is 370 g/mol. The van der Waals surface area contributed by atoms with Crippen LogP contribution in [-0.2, 0) is 7.05 Å². The van der Waals surface area contributed by atoms with Crippen LogP contribution >= 0.6 is 22.7 Å². The summed E-state index contributed by atoms with van der Waals surface area (Å²) in [4.78, 5) is 21.8. The number of para-hydroxylation sites is 1. The van der Waals surface area contributed by atoms with Gasteiger partial charge in [-0.05, 0) is 12.1 Å². The van der Waals surface area contributed by atoms with E-state index in [0.717, 1.165) is 20.4 Å². The second-order valence-corrected chi connectivity index (χ2v) is 7.56. The van der Waals surface area contributed by atoms with Gasteiger partial charge in [-0.1, -0.05) is 23.5 Å². The number of hydrogen-bond acceptors (Lipinski definition) is 6. The molecule has 0 saturated heterocycles. The fourth-order valence-corrected chi connectivity index (χ4v) is 4.54. The molecule has 0 bridgehead atoms. The Balaban J connectivity index is 1.82. The number of carbonyl (C=O) groups excluding carboxylic acids is 1. The van der Waals surface area contributed by atoms with E-state index in [4.69, 9.17) is 9.47 Å². The second kappa shape index (κ2) is 6.54. The summed E-state index contributed by atoms with van der Waals surface area (Å²) < 4.78 is 14.5. The van der Waals surface area contributed by atoms with Crippen molar-refractivity contribution in [3.05, 3.63) is 46.2 Å². The Morgan fingerprint density at radius 2 is 1.81 bits per heavy atom. The summed E-state index contributed by atoms with van der Waals surface area (Å²) in [5, 5.41) is 0.388. The summed E-state index contributed by atoms with van der Waals surface area (Å²) in [6, 6.07) is 11.4. The zero-order valence-corrected chi connectivity index (χ0v) is 16.0. The van der Waals surface area contributed by atoms with Crippen molar-refractivity contribution in [1.82, 2.24) is 9.55 Å². The molecule has 6 nitrogen and oxygen atoms in total. The standard InChI is InChI=1S/C18H15N3O3S2/c1-21-11-8-12(23-2)13(24-3)9-15(11)26-18(21)20-16(22)17-19-10-6-4-5-7-14(10)25-17/h4-9H,1-3H3. The molecule has 0 aliphatic carbocycles. The van der Waals surface area contributed by atoms with E-state index in [1.54, 1.807) is 14.2 Å². The lowest BCUT2D eigenvalue weighted by atomic mass is 10.3. The lowest BCUT2D eigenvalue weighted by molar-refractivity contribution is 0.0998. The maximum atomic E-state index is 12.6. The highest BCUT2D eigenvalue weighted by Crippen LogP contribution is 2.33. The number of hydrogen-bond donors (Lipinski definition) is 0. The van der Waals surface area contributed by atoms with Crippen molar-refractivity contribution in [3.63, 3.8) is 0 Å². The van der Waals surface area contributed by atoms with Gasteiger partial charge in [-0.2, -0.15) is 4.99 Å². The molecule has 2 heterocycles. The quantitative estimate of drug-likeness (QED) is 0.540. The maximum absolute atomic E-state index is 12.6. The molecule has 0 spiro atoms. The number of benzene rings is 2. The number of fused-ring (bicyclic) bond motifs is 2. The lowest BCUT2D eigenvalue weighted by Crippen LogP contribution is -2.13. The van der Waals surface area contributed by atoms with Crippen molar-refractivity contribution in [2.75, 3.05) is 14.2 Å². The maximum Gasteiger partial charge on any atom is 0.308 e. The van der Waals surface area contributed by atoms with Crippen molar-refractivity contribution >= 4 is 49.0 Å². The van der Waals surface area contributed by atoms with Crippen LogP contribution in [0.25, 0.3) is 20.4 Å². The Bertz CT molecular complexity index is 1170. The van der Waals surface area contributed by atoms with Gasteiger partial charge < -0.3 is 14.0 Å². The van der Waals surface area contributed by atoms with Gasteiger partial charge in [0.2, 0.25) is 0 Å². The topological polar surface area (TPSA) is 65.7 Å². The minimum absolute atomic E-state index is 0.340. The molecular formula is C18H15N3O3S2. The minimum Gasteiger partial charge on any atom is -0.493 e. The number of carbonyl (C=O) groups is 1. The van der Waals surface area contributed by atoms with E-state index >= 15 is 0 Å². The van der Waals surface area contributed by atoms with E-state index in [9.17, 15) is 4.79 Å². The molecule has 26 heavy (non-hydrogen) atoms. The molecule has 0 N–H and O–H groups in total. The average molecular weight is 385 g/mol. The van der Waals surface area contributed by atoms with Crippen LogP contribution in [0.1, 0.15) is 9.80 Å². The third kappa shape index (κ3) is 2.77. The monoisotopic (exact) mass is 385 g/mol. The van der Waals surface area contributed by atoms with Gasteiger partial charge in [-0.3, -0.25) is 4.79 Å². The first-order chi connectivity index (χ1) is 12.6. The van der Waals surface area contributed by atoms with Crippen LogP contribution in [-0.4, -0.2) is 29.7 Å². The third-order valence-corrected chi connectivity index (χ3v) is 6.11. The van der Waals surface area contributed by atoms with E-state index in [-0.39, 0.29) is 5.91 Å². The third-order valence-electron chi connectivity index (χ3n) is 3.99. The molecule has 8 heteroatoms. The molecule has 132 valence electrons. The van der Waals surface area contributed by atoms with Gasteiger partial charge in [0.15, 0.2) is 21.3 Å². The molecule has 0 aliphatic rings. The van der Waals surface area contributed by atoms with Crippen molar-refractivity contribution in [2.45, 2.75) is 0 Å². The predicted octanol–water partition coefficient (Wildman–Crippen LogP) is 3.61. The molecule has 1 amide bonds. The van der Waals surface area contributed by atoms with Crippen LogP contribution in [0.4, 0.5) is 0 Å². The fraction of sp³-hybridized carbons (Fsp3) is 0.167. The first-order valence-electron chi connectivity index (χ1n) is 7.77. The van der Waals surface area contributed by atoms with Crippen molar-refractivity contribution in [1.29, 1.82) is 0 Å². The van der Waals surface area contributed by atoms with Gasteiger partial charge in [0.05, 0.1) is 34.7 Å². The highest BCUT2D eigenvalue weighted by Gasteiger charge is 2.14. The van der Waals surface area contributed by atoms with E-state index < -0.39 is 0 Å². The molecule has 0 unspecified atom stereocenters. The van der Waals surface area contributed by atoms with E-state index in [2.05, 4.69) is 9.98 Å². The van der Waals surface area contributed by atoms with Gasteiger partial charge in [-0.15, -0.1) is 11.3 Å². The SMILES string of the molecule is COc1cc2sc(=NC(=O)c3nc4ccccc4s3)n(C)c2cc1OC. The molecule has 0 fully saturated rings. The van der Waals surface area contributed by atoms with Crippen LogP contribution in [0.5, 0.6) is 11.5 Å². The molecule has 4 rings (SSSR count). The summed E-state index contributed by atoms with van der Waals surface area (Å²) in [5.74, 6) is 0.940. The van der Waals surface area contributed by atoms with Crippen LogP contribution in [0.3, 0.4) is 0 Å². The summed E-state index contributed by atoms with van der Waals surface area (Å²) in [7, 11) is 5.06. The summed E-state index contributed by atoms with van der Waals surface area (Å²) in [6.45, 7) is 0. The van der Waals surface area contributed by atoms with Crippen LogP contribution in [0.2, 0.25) is 0 Å². The van der Waals surface area contributed by atoms with Crippen molar-refractivity contribution < 1.29 is 14.3 Å². The number of aryl methyl sites for hydroxylation is 1. The number of amides is 1. The smallest absolute Gasteiger partial charge is 0.308 e. The van der Waals surface area contributed by atoms with Gasteiger partial charge in [-0.25, -0.2) is 4.98 Å². The molecule has 0 saturated carbocycles. The first kappa shape index (κ1) is 16.7. The molecule has 2 aromatic carbocycles. The Morgan fingerprint density at radius 1 is 1.08 bits per heavy atom. The van der Waals surface area contributed by atoms with Crippen LogP contribution < -0.4 is 14.3 Å². The van der Waals surface area contributed by atoms with Gasteiger partial charge in [0, 0.05) is 19.2 Å². The van der Waals surface area contributed by atoms with E-state index in [0.29, 0.717) is 21.3 Å². The van der Waals surface area contributed by atoms with Gasteiger partial charge >= 0.3 is 5.91 Å². The first-order valence-corrected chi connectivity index (χ1v) is 9.40. The molecule has 0 atom stereocenters. The predicted molar refractivity (Wildman–Crippen MR) is 103 cm³/mol. The number of aromatic nitrogens is 2. The van der Waals surface area contributed by atoms with E-state index in [1.165, 1.54) is 22.7 Å². The largest absolute Gasteiger partial charge is 0.493 e. The summed E-state index contributed by atoms with van der Waals surface area (Å²) >= 11 is 2.77.